The number of aryl methyl sites for hydroxylation is 2. The van der Waals surface area contributed by atoms with E-state index < -0.39 is 0 Å². The molecule has 150 valence electrons. The molecule has 0 aliphatic heterocycles. The lowest BCUT2D eigenvalue weighted by Crippen LogP contribution is -2.16. The van der Waals surface area contributed by atoms with Crippen LogP contribution < -0.4 is 5.32 Å². The first kappa shape index (κ1) is 21.4. The number of benzene rings is 2. The molecule has 0 aliphatic carbocycles. The fourth-order valence-corrected chi connectivity index (χ4v) is 3.90. The molecule has 0 unspecified atom stereocenters. The Kier molecular flexibility index (Phi) is 7.00. The zero-order valence-corrected chi connectivity index (χ0v) is 18.4. The molecule has 29 heavy (non-hydrogen) atoms. The van der Waals surface area contributed by atoms with Gasteiger partial charge >= 0.3 is 0 Å². The minimum absolute atomic E-state index is 0.100. The first-order valence-corrected chi connectivity index (χ1v) is 10.6. The summed E-state index contributed by atoms with van der Waals surface area (Å²) in [6.45, 7) is 8.25. The van der Waals surface area contributed by atoms with Crippen LogP contribution in [0.2, 0.25) is 10.0 Å². The average Bonchev–Trinajstić information content (AvgIpc) is 3.08. The number of hydrogen-bond acceptors (Lipinski definition) is 4. The zero-order valence-electron chi connectivity index (χ0n) is 16.1. The number of hydrogen-bond donors (Lipinski definition) is 1. The van der Waals surface area contributed by atoms with E-state index in [0.717, 1.165) is 22.4 Å². The van der Waals surface area contributed by atoms with Crippen LogP contribution in [0.1, 0.15) is 11.1 Å². The van der Waals surface area contributed by atoms with Crippen molar-refractivity contribution in [3.63, 3.8) is 0 Å². The maximum absolute atomic E-state index is 12.5. The summed E-state index contributed by atoms with van der Waals surface area (Å²) >= 11 is 13.5. The van der Waals surface area contributed by atoms with Crippen molar-refractivity contribution < 1.29 is 4.79 Å². The van der Waals surface area contributed by atoms with Gasteiger partial charge in [-0.3, -0.25) is 9.36 Å². The molecule has 0 saturated carbocycles. The lowest BCUT2D eigenvalue weighted by molar-refractivity contribution is -0.113. The van der Waals surface area contributed by atoms with Crippen LogP contribution in [0.3, 0.4) is 0 Å². The van der Waals surface area contributed by atoms with Gasteiger partial charge in [0.25, 0.3) is 0 Å². The third kappa shape index (κ3) is 5.01. The summed E-state index contributed by atoms with van der Waals surface area (Å²) in [5.41, 5.74) is 3.70. The van der Waals surface area contributed by atoms with E-state index in [0.29, 0.717) is 27.6 Å². The summed E-state index contributed by atoms with van der Waals surface area (Å²) in [4.78, 5) is 12.5. The first-order valence-electron chi connectivity index (χ1n) is 8.89. The predicted octanol–water partition coefficient (Wildman–Crippen LogP) is 5.79. The monoisotopic (exact) mass is 446 g/mol. The molecular formula is C21H20Cl2N4OS. The molecule has 8 heteroatoms. The van der Waals surface area contributed by atoms with Gasteiger partial charge in [-0.15, -0.1) is 16.8 Å². The summed E-state index contributed by atoms with van der Waals surface area (Å²) in [6, 6.07) is 11.2. The van der Waals surface area contributed by atoms with Crippen molar-refractivity contribution in [2.45, 2.75) is 25.5 Å². The summed E-state index contributed by atoms with van der Waals surface area (Å²) < 4.78 is 1.89. The average molecular weight is 447 g/mol. The highest BCUT2D eigenvalue weighted by atomic mass is 35.5. The molecule has 1 amide bonds. The van der Waals surface area contributed by atoms with E-state index in [-0.39, 0.29) is 11.7 Å². The highest BCUT2D eigenvalue weighted by molar-refractivity contribution is 7.99. The Balaban J connectivity index is 1.77. The van der Waals surface area contributed by atoms with Crippen LogP contribution in [-0.2, 0) is 11.3 Å². The van der Waals surface area contributed by atoms with Crippen LogP contribution in [0.15, 0.2) is 54.2 Å². The third-order valence-electron chi connectivity index (χ3n) is 4.28. The van der Waals surface area contributed by atoms with E-state index >= 15 is 0 Å². The Hall–Kier alpha value is -2.28. The number of amides is 1. The smallest absolute Gasteiger partial charge is 0.234 e. The SMILES string of the molecule is C=CCn1c(SCC(=O)Nc2c(C)cccc2C)nnc1-c1ccc(Cl)c(Cl)c1. The van der Waals surface area contributed by atoms with Crippen LogP contribution in [0, 0.1) is 13.8 Å². The van der Waals surface area contributed by atoms with Crippen LogP contribution in [0.4, 0.5) is 5.69 Å². The molecule has 0 aliphatic rings. The summed E-state index contributed by atoms with van der Waals surface area (Å²) in [7, 11) is 0. The van der Waals surface area contributed by atoms with Gasteiger partial charge in [-0.1, -0.05) is 59.2 Å². The molecular weight excluding hydrogens is 427 g/mol. The number of para-hydroxylation sites is 1. The number of carbonyl (C=O) groups excluding carboxylic acids is 1. The number of rotatable bonds is 7. The Morgan fingerprint density at radius 1 is 1.17 bits per heavy atom. The number of aromatic nitrogens is 3. The first-order chi connectivity index (χ1) is 13.9. The largest absolute Gasteiger partial charge is 0.325 e. The number of nitrogens with zero attached hydrogens (tertiary/aromatic N) is 3. The second-order valence-corrected chi connectivity index (χ2v) is 8.19. The van der Waals surface area contributed by atoms with Gasteiger partial charge in [0.1, 0.15) is 0 Å². The van der Waals surface area contributed by atoms with Gasteiger partial charge in [-0.05, 0) is 43.2 Å². The standard InChI is InChI=1S/C21H20Cl2N4OS/c1-4-10-27-20(15-8-9-16(22)17(23)11-15)25-26-21(27)29-12-18(28)24-19-13(2)6-5-7-14(19)3/h4-9,11H,1,10,12H2,2-3H3,(H,24,28). The molecule has 0 radical (unpaired) electrons. The maximum atomic E-state index is 12.5. The number of carbonyl (C=O) groups is 1. The van der Waals surface area contributed by atoms with Gasteiger partial charge < -0.3 is 5.32 Å². The van der Waals surface area contributed by atoms with Crippen LogP contribution >= 0.6 is 35.0 Å². The van der Waals surface area contributed by atoms with E-state index in [1.165, 1.54) is 11.8 Å². The highest BCUT2D eigenvalue weighted by Crippen LogP contribution is 2.30. The number of allylic oxidation sites excluding steroid dienone is 1. The van der Waals surface area contributed by atoms with E-state index in [4.69, 9.17) is 23.2 Å². The van der Waals surface area contributed by atoms with Gasteiger partial charge in [-0.2, -0.15) is 0 Å². The minimum atomic E-state index is -0.100. The molecule has 0 bridgehead atoms. The van der Waals surface area contributed by atoms with Crippen molar-refractivity contribution in [1.82, 2.24) is 14.8 Å². The predicted molar refractivity (Wildman–Crippen MR) is 121 cm³/mol. The Bertz CT molecular complexity index is 1040. The number of nitrogens with one attached hydrogen (secondary N) is 1. The van der Waals surface area contributed by atoms with Gasteiger partial charge in [0.15, 0.2) is 11.0 Å². The summed E-state index contributed by atoms with van der Waals surface area (Å²) in [5.74, 6) is 0.752. The molecule has 0 saturated heterocycles. The molecule has 0 fully saturated rings. The quantitative estimate of drug-likeness (QED) is 0.368. The second-order valence-electron chi connectivity index (χ2n) is 6.44. The fraction of sp³-hybridized carbons (Fsp3) is 0.190. The van der Waals surface area contributed by atoms with Crippen molar-refractivity contribution in [3.05, 3.63) is 70.2 Å². The molecule has 5 nitrogen and oxygen atoms in total. The Labute approximate surface area is 184 Å². The van der Waals surface area contributed by atoms with E-state index in [9.17, 15) is 4.79 Å². The Morgan fingerprint density at radius 2 is 1.90 bits per heavy atom. The second kappa shape index (κ2) is 9.48. The number of halogens is 2. The van der Waals surface area contributed by atoms with Gasteiger partial charge in [0, 0.05) is 17.8 Å². The number of thioether (sulfide) groups is 1. The highest BCUT2D eigenvalue weighted by Gasteiger charge is 2.16. The van der Waals surface area contributed by atoms with Crippen molar-refractivity contribution in [2.24, 2.45) is 0 Å². The summed E-state index contributed by atoms with van der Waals surface area (Å²) in [5, 5.41) is 13.1. The normalized spacial score (nSPS) is 10.8. The van der Waals surface area contributed by atoms with Crippen LogP contribution in [0.25, 0.3) is 11.4 Å². The van der Waals surface area contributed by atoms with Crippen LogP contribution in [-0.4, -0.2) is 26.4 Å². The Morgan fingerprint density at radius 3 is 2.55 bits per heavy atom. The topological polar surface area (TPSA) is 59.8 Å². The van der Waals surface area contributed by atoms with Crippen LogP contribution in [0.5, 0.6) is 0 Å². The summed E-state index contributed by atoms with van der Waals surface area (Å²) in [6.07, 6.45) is 1.76. The van der Waals surface area contributed by atoms with Crippen molar-refractivity contribution in [2.75, 3.05) is 11.1 Å². The van der Waals surface area contributed by atoms with E-state index in [2.05, 4.69) is 22.1 Å². The van der Waals surface area contributed by atoms with Gasteiger partial charge in [0.05, 0.1) is 15.8 Å². The van der Waals surface area contributed by atoms with Gasteiger partial charge in [0.2, 0.25) is 5.91 Å². The molecule has 0 atom stereocenters. The van der Waals surface area contributed by atoms with Crippen molar-refractivity contribution >= 4 is 46.6 Å². The molecule has 1 heterocycles. The molecule has 2 aromatic carbocycles. The number of anilines is 1. The molecule has 3 rings (SSSR count). The molecule has 1 aromatic heterocycles. The van der Waals surface area contributed by atoms with Crippen molar-refractivity contribution in [3.8, 4) is 11.4 Å². The third-order valence-corrected chi connectivity index (χ3v) is 5.99. The van der Waals surface area contributed by atoms with Crippen molar-refractivity contribution in [1.29, 1.82) is 0 Å². The van der Waals surface area contributed by atoms with Gasteiger partial charge in [-0.25, -0.2) is 0 Å². The van der Waals surface area contributed by atoms with E-state index in [1.54, 1.807) is 18.2 Å². The molecule has 0 spiro atoms. The maximum Gasteiger partial charge on any atom is 0.234 e. The minimum Gasteiger partial charge on any atom is -0.325 e. The zero-order chi connectivity index (χ0) is 21.0. The van der Waals surface area contributed by atoms with E-state index in [1.807, 2.05) is 42.7 Å². The lowest BCUT2D eigenvalue weighted by Gasteiger charge is -2.11. The molecule has 1 N–H and O–H groups in total. The lowest BCUT2D eigenvalue weighted by atomic mass is 10.1. The molecule has 3 aromatic rings. The fourth-order valence-electron chi connectivity index (χ4n) is 2.86.